The van der Waals surface area contributed by atoms with Crippen molar-refractivity contribution in [2.24, 2.45) is 0 Å². The Morgan fingerprint density at radius 3 is 2.60 bits per heavy atom. The maximum absolute atomic E-state index is 7.64. The van der Waals surface area contributed by atoms with Crippen LogP contribution in [-0.4, -0.2) is 0 Å². The van der Waals surface area contributed by atoms with Gasteiger partial charge in [0.25, 0.3) is 0 Å². The summed E-state index contributed by atoms with van der Waals surface area (Å²) in [5.74, 6) is 0. The molecule has 1 aromatic heterocycles. The van der Waals surface area contributed by atoms with E-state index in [1.807, 2.05) is 35.6 Å². The largest absolute Gasteiger partial charge is 0.135 e. The first-order valence-corrected chi connectivity index (χ1v) is 8.01. The third-order valence-corrected chi connectivity index (χ3v) is 5.12. The Kier molecular flexibility index (Phi) is 2.61. The maximum Gasteiger partial charge on any atom is 0.0623 e. The van der Waals surface area contributed by atoms with Crippen molar-refractivity contribution in [3.63, 3.8) is 0 Å². The van der Waals surface area contributed by atoms with Gasteiger partial charge in [-0.25, -0.2) is 0 Å². The molecule has 96 valence electrons. The van der Waals surface area contributed by atoms with Crippen LogP contribution in [0.15, 0.2) is 71.2 Å². The van der Waals surface area contributed by atoms with Gasteiger partial charge in [0.05, 0.1) is 1.37 Å². The van der Waals surface area contributed by atoms with Crippen LogP contribution < -0.4 is 0 Å². The molecule has 2 heteroatoms. The molecule has 4 aromatic rings. The second-order valence-corrected chi connectivity index (χ2v) is 6.71. The summed E-state index contributed by atoms with van der Waals surface area (Å²) in [6, 6.07) is 21.2. The minimum atomic E-state index is 0.545. The van der Waals surface area contributed by atoms with Gasteiger partial charge >= 0.3 is 0 Å². The van der Waals surface area contributed by atoms with E-state index < -0.39 is 0 Å². The van der Waals surface area contributed by atoms with Gasteiger partial charge in [-0.3, -0.25) is 0 Å². The number of thiophene rings is 1. The van der Waals surface area contributed by atoms with Gasteiger partial charge in [-0.2, -0.15) is 0 Å². The lowest BCUT2D eigenvalue weighted by Crippen LogP contribution is -1.78. The molecule has 0 aliphatic rings. The molecule has 0 saturated heterocycles. The van der Waals surface area contributed by atoms with Crippen LogP contribution in [0.2, 0.25) is 0 Å². The summed E-state index contributed by atoms with van der Waals surface area (Å²) in [6.45, 7) is 0. The van der Waals surface area contributed by atoms with Gasteiger partial charge in [0.1, 0.15) is 0 Å². The first-order valence-electron chi connectivity index (χ1n) is 6.90. The molecule has 0 N–H and O–H groups in total. The summed E-state index contributed by atoms with van der Waals surface area (Å²) in [4.78, 5) is 0. The lowest BCUT2D eigenvalue weighted by atomic mass is 10.00. The lowest BCUT2D eigenvalue weighted by Gasteiger charge is -2.04. The summed E-state index contributed by atoms with van der Waals surface area (Å²) >= 11 is 5.40. The highest BCUT2D eigenvalue weighted by Gasteiger charge is 2.10. The molecular weight excluding hydrogens is 328 g/mol. The normalized spacial score (nSPS) is 11.9. The van der Waals surface area contributed by atoms with Crippen LogP contribution in [0, 0.1) is 0 Å². The number of halogens is 1. The lowest BCUT2D eigenvalue weighted by molar-refractivity contribution is 1.67. The minimum Gasteiger partial charge on any atom is -0.135 e. The molecule has 0 fully saturated rings. The second kappa shape index (κ2) is 4.72. The van der Waals surface area contributed by atoms with E-state index in [1.54, 1.807) is 0 Å². The molecule has 0 atom stereocenters. The summed E-state index contributed by atoms with van der Waals surface area (Å²) in [7, 11) is 0. The van der Waals surface area contributed by atoms with Crippen LogP contribution >= 0.6 is 27.3 Å². The third-order valence-electron chi connectivity index (χ3n) is 3.49. The highest BCUT2D eigenvalue weighted by Crippen LogP contribution is 2.40. The van der Waals surface area contributed by atoms with E-state index >= 15 is 0 Å². The molecule has 0 amide bonds. The van der Waals surface area contributed by atoms with Crippen molar-refractivity contribution >= 4 is 47.4 Å². The monoisotopic (exact) mass is 339 g/mol. The Morgan fingerprint density at radius 2 is 1.75 bits per heavy atom. The second-order valence-electron chi connectivity index (χ2n) is 4.71. The molecule has 4 rings (SSSR count). The summed E-state index contributed by atoms with van der Waals surface area (Å²) < 4.78 is 11.3. The van der Waals surface area contributed by atoms with E-state index in [-0.39, 0.29) is 0 Å². The molecule has 0 aliphatic carbocycles. The molecule has 0 spiro atoms. The van der Waals surface area contributed by atoms with Crippen molar-refractivity contribution in [3.8, 4) is 11.1 Å². The molecule has 1 heterocycles. The molecule has 0 radical (unpaired) electrons. The Balaban J connectivity index is 2.11. The molecule has 3 aromatic carbocycles. The van der Waals surface area contributed by atoms with Gasteiger partial charge in [-0.1, -0.05) is 58.4 Å². The number of hydrogen-bond donors (Lipinski definition) is 0. The highest BCUT2D eigenvalue weighted by atomic mass is 79.9. The van der Waals surface area contributed by atoms with Gasteiger partial charge in [0, 0.05) is 24.6 Å². The van der Waals surface area contributed by atoms with Crippen molar-refractivity contribution in [2.75, 3.05) is 0 Å². The first kappa shape index (κ1) is 11.1. The van der Waals surface area contributed by atoms with Crippen molar-refractivity contribution in [1.82, 2.24) is 0 Å². The predicted octanol–water partition coefficient (Wildman–Crippen LogP) is 6.48. The number of fused-ring (bicyclic) bond motifs is 3. The molecule has 0 saturated carbocycles. The van der Waals surface area contributed by atoms with Crippen LogP contribution in [0.1, 0.15) is 1.37 Å². The average Bonchev–Trinajstić information content (AvgIpc) is 2.86. The van der Waals surface area contributed by atoms with Crippen LogP contribution in [0.25, 0.3) is 31.3 Å². The fraction of sp³-hybridized carbons (Fsp3) is 0. The molecular formula is C18H11BrS. The van der Waals surface area contributed by atoms with Gasteiger partial charge in [-0.05, 0) is 35.4 Å². The zero-order valence-corrected chi connectivity index (χ0v) is 13.0. The van der Waals surface area contributed by atoms with Crippen molar-refractivity contribution in [1.29, 1.82) is 0 Å². The van der Waals surface area contributed by atoms with Gasteiger partial charge in [0.15, 0.2) is 0 Å². The highest BCUT2D eigenvalue weighted by molar-refractivity contribution is 9.10. The molecule has 0 aliphatic heterocycles. The topological polar surface area (TPSA) is 0 Å². The Bertz CT molecular complexity index is 954. The Hall–Kier alpha value is -1.64. The predicted molar refractivity (Wildman–Crippen MR) is 92.5 cm³/mol. The van der Waals surface area contributed by atoms with E-state index in [4.69, 9.17) is 1.37 Å². The van der Waals surface area contributed by atoms with Gasteiger partial charge in [0.2, 0.25) is 0 Å². The van der Waals surface area contributed by atoms with Crippen molar-refractivity contribution in [3.05, 3.63) is 71.2 Å². The summed E-state index contributed by atoms with van der Waals surface area (Å²) in [6.07, 6.45) is 0. The SMILES string of the molecule is [2H]c1ccc(-c2cccc3sc4ccc(Br)cc4c23)cc1. The standard InChI is InChI=1S/C18H11BrS/c19-13-9-10-16-15(11-13)18-14(7-4-8-17(18)20-16)12-5-2-1-3-6-12/h1-11H/i1D. The fourth-order valence-corrected chi connectivity index (χ4v) is 4.08. The zero-order valence-electron chi connectivity index (χ0n) is 11.6. The average molecular weight is 340 g/mol. The van der Waals surface area contributed by atoms with Crippen molar-refractivity contribution < 1.29 is 1.37 Å². The van der Waals surface area contributed by atoms with Gasteiger partial charge < -0.3 is 0 Å². The molecule has 0 nitrogen and oxygen atoms in total. The quantitative estimate of drug-likeness (QED) is 0.372. The first-order chi connectivity index (χ1) is 10.2. The molecule has 0 unspecified atom stereocenters. The Labute approximate surface area is 131 Å². The smallest absolute Gasteiger partial charge is 0.0623 e. The molecule has 20 heavy (non-hydrogen) atoms. The van der Waals surface area contributed by atoms with Crippen LogP contribution in [0.3, 0.4) is 0 Å². The van der Waals surface area contributed by atoms with Crippen molar-refractivity contribution in [2.45, 2.75) is 0 Å². The van der Waals surface area contributed by atoms with E-state index in [9.17, 15) is 0 Å². The summed E-state index contributed by atoms with van der Waals surface area (Å²) in [5, 5.41) is 2.59. The molecule has 0 bridgehead atoms. The summed E-state index contributed by atoms with van der Waals surface area (Å²) in [5.41, 5.74) is 2.40. The van der Waals surface area contributed by atoms with Gasteiger partial charge in [-0.15, -0.1) is 11.3 Å². The van der Waals surface area contributed by atoms with E-state index in [1.165, 1.54) is 25.7 Å². The van der Waals surface area contributed by atoms with E-state index in [0.29, 0.717) is 6.04 Å². The van der Waals surface area contributed by atoms with E-state index in [0.717, 1.165) is 10.0 Å². The third kappa shape index (κ3) is 1.88. The van der Waals surface area contributed by atoms with Crippen LogP contribution in [0.5, 0.6) is 0 Å². The minimum absolute atomic E-state index is 0.545. The number of rotatable bonds is 1. The van der Waals surface area contributed by atoms with Crippen LogP contribution in [0.4, 0.5) is 0 Å². The number of hydrogen-bond acceptors (Lipinski definition) is 1. The van der Waals surface area contributed by atoms with E-state index in [2.05, 4.69) is 52.3 Å². The zero-order chi connectivity index (χ0) is 14.4. The maximum atomic E-state index is 7.64. The fourth-order valence-electron chi connectivity index (χ4n) is 2.61. The number of benzene rings is 3. The Morgan fingerprint density at radius 1 is 0.900 bits per heavy atom. The van der Waals surface area contributed by atoms with Crippen LogP contribution in [-0.2, 0) is 0 Å².